The quantitative estimate of drug-likeness (QED) is 0.507. The average Bonchev–Trinajstić information content (AvgIpc) is 2.96. The summed E-state index contributed by atoms with van der Waals surface area (Å²) in [7, 11) is 1.70. The van der Waals surface area contributed by atoms with Gasteiger partial charge in [0.15, 0.2) is 5.78 Å². The van der Waals surface area contributed by atoms with E-state index in [0.29, 0.717) is 14.8 Å². The van der Waals surface area contributed by atoms with Crippen molar-refractivity contribution in [3.8, 4) is 0 Å². The number of benzene rings is 3. The van der Waals surface area contributed by atoms with Gasteiger partial charge in [0.2, 0.25) is 0 Å². The van der Waals surface area contributed by atoms with Crippen molar-refractivity contribution in [2.45, 2.75) is 6.92 Å². The van der Waals surface area contributed by atoms with E-state index in [1.807, 2.05) is 67.6 Å². The van der Waals surface area contributed by atoms with Crippen LogP contribution >= 0.6 is 11.3 Å². The fraction of sp³-hybridized carbons (Fsp3) is 0.0833. The molecule has 0 saturated heterocycles. The highest BCUT2D eigenvalue weighted by molar-refractivity contribution is 7.07. The summed E-state index contributed by atoms with van der Waals surface area (Å²) in [6, 6.07) is 21.6. The first-order valence-electron chi connectivity index (χ1n) is 9.01. The lowest BCUT2D eigenvalue weighted by Gasteiger charge is -2.00. The number of aryl methyl sites for hydroxylation is 1. The maximum Gasteiger partial charge on any atom is 0.268 e. The zero-order valence-electron chi connectivity index (χ0n) is 15.7. The second kappa shape index (κ2) is 7.41. The highest BCUT2D eigenvalue weighted by Crippen LogP contribution is 2.18. The van der Waals surface area contributed by atoms with E-state index < -0.39 is 0 Å². The molecule has 28 heavy (non-hydrogen) atoms. The predicted octanol–water partition coefficient (Wildman–Crippen LogP) is 3.40. The van der Waals surface area contributed by atoms with Crippen LogP contribution in [-0.2, 0) is 7.05 Å². The lowest BCUT2D eigenvalue weighted by Crippen LogP contribution is -2.29. The first kappa shape index (κ1) is 18.1. The summed E-state index contributed by atoms with van der Waals surface area (Å²) in [4.78, 5) is 25.4. The lowest BCUT2D eigenvalue weighted by atomic mass is 10.0. The maximum atomic E-state index is 12.7. The van der Waals surface area contributed by atoms with Gasteiger partial charge in [0, 0.05) is 18.7 Å². The fourth-order valence-corrected chi connectivity index (χ4v) is 4.29. The first-order valence-corrected chi connectivity index (χ1v) is 9.83. The molecular formula is C24H19NO2S. The van der Waals surface area contributed by atoms with Gasteiger partial charge in [-0.1, -0.05) is 66.7 Å². The molecule has 1 aromatic heterocycles. The maximum absolute atomic E-state index is 12.7. The molecule has 3 aromatic carbocycles. The van der Waals surface area contributed by atoms with Crippen LogP contribution in [-0.4, -0.2) is 10.4 Å². The first-order chi connectivity index (χ1) is 13.5. The predicted molar refractivity (Wildman–Crippen MR) is 116 cm³/mol. The number of Topliss-reactive ketones (excluding diaryl/α,β-unsaturated/α-hetero) is 1. The standard InChI is InChI=1S/C24H19NO2S/c1-16-8-3-5-12-19(16)21(26)15-23-25(2)24(27)22(28-23)14-18-11-7-10-17-9-4-6-13-20(17)18/h3-15H,1-2H3/b22-14-,23-15-. The monoisotopic (exact) mass is 385 g/mol. The van der Waals surface area contributed by atoms with Crippen molar-refractivity contribution >= 4 is 40.0 Å². The number of rotatable bonds is 3. The molecule has 4 rings (SSSR count). The highest BCUT2D eigenvalue weighted by Gasteiger charge is 2.08. The Morgan fingerprint density at radius 3 is 2.50 bits per heavy atom. The Labute approximate surface area is 166 Å². The van der Waals surface area contributed by atoms with E-state index in [1.165, 1.54) is 15.9 Å². The third-order valence-corrected chi connectivity index (χ3v) is 5.95. The summed E-state index contributed by atoms with van der Waals surface area (Å²) >= 11 is 1.34. The minimum Gasteiger partial charge on any atom is -0.302 e. The molecule has 0 aliphatic carbocycles. The van der Waals surface area contributed by atoms with Crippen molar-refractivity contribution in [3.05, 3.63) is 103 Å². The molecule has 0 aliphatic rings. The number of nitrogens with zero attached hydrogens (tertiary/aromatic N) is 1. The Morgan fingerprint density at radius 1 is 0.964 bits per heavy atom. The third-order valence-electron chi connectivity index (χ3n) is 4.84. The second-order valence-corrected chi connectivity index (χ2v) is 7.77. The van der Waals surface area contributed by atoms with Gasteiger partial charge in [-0.15, -0.1) is 11.3 Å². The number of fused-ring (bicyclic) bond motifs is 1. The second-order valence-electron chi connectivity index (χ2n) is 6.70. The van der Waals surface area contributed by atoms with Gasteiger partial charge in [-0.2, -0.15) is 0 Å². The van der Waals surface area contributed by atoms with E-state index >= 15 is 0 Å². The molecule has 4 aromatic rings. The largest absolute Gasteiger partial charge is 0.302 e. The summed E-state index contributed by atoms with van der Waals surface area (Å²) in [6.45, 7) is 1.91. The minimum atomic E-state index is -0.0956. The van der Waals surface area contributed by atoms with Gasteiger partial charge >= 0.3 is 0 Å². The number of ketones is 1. The Balaban J connectivity index is 1.86. The summed E-state index contributed by atoms with van der Waals surface area (Å²) in [5.41, 5.74) is 2.48. The highest BCUT2D eigenvalue weighted by atomic mass is 32.1. The summed E-state index contributed by atoms with van der Waals surface area (Å²) < 4.78 is 2.80. The molecule has 0 saturated carbocycles. The molecule has 0 fully saturated rings. The van der Waals surface area contributed by atoms with Crippen molar-refractivity contribution in [2.24, 2.45) is 7.05 Å². The van der Waals surface area contributed by atoms with Crippen molar-refractivity contribution in [1.29, 1.82) is 0 Å². The number of carbonyl (C=O) groups excluding carboxylic acids is 1. The van der Waals surface area contributed by atoms with Gasteiger partial charge in [-0.3, -0.25) is 9.59 Å². The molecule has 0 unspecified atom stereocenters. The summed E-state index contributed by atoms with van der Waals surface area (Å²) in [6.07, 6.45) is 3.46. The molecule has 0 atom stereocenters. The van der Waals surface area contributed by atoms with Gasteiger partial charge < -0.3 is 4.57 Å². The molecular weight excluding hydrogens is 366 g/mol. The van der Waals surface area contributed by atoms with Crippen LogP contribution in [0.3, 0.4) is 0 Å². The van der Waals surface area contributed by atoms with E-state index in [9.17, 15) is 9.59 Å². The number of thiazole rings is 1. The van der Waals surface area contributed by atoms with Crippen LogP contribution in [0.25, 0.3) is 22.9 Å². The number of hydrogen-bond donors (Lipinski definition) is 0. The molecule has 0 N–H and O–H groups in total. The zero-order chi connectivity index (χ0) is 19.7. The van der Waals surface area contributed by atoms with Gasteiger partial charge in [0.05, 0.1) is 4.53 Å². The normalized spacial score (nSPS) is 12.6. The molecule has 4 heteroatoms. The third kappa shape index (κ3) is 3.35. The van der Waals surface area contributed by atoms with Crippen LogP contribution in [0.4, 0.5) is 0 Å². The van der Waals surface area contributed by atoms with E-state index in [4.69, 9.17) is 0 Å². The number of hydrogen-bond acceptors (Lipinski definition) is 3. The fourth-order valence-electron chi connectivity index (χ4n) is 3.26. The van der Waals surface area contributed by atoms with Crippen LogP contribution in [0.2, 0.25) is 0 Å². The van der Waals surface area contributed by atoms with Crippen LogP contribution in [0, 0.1) is 6.92 Å². The van der Waals surface area contributed by atoms with Crippen LogP contribution in [0.5, 0.6) is 0 Å². The summed E-state index contributed by atoms with van der Waals surface area (Å²) in [5, 5.41) is 2.23. The van der Waals surface area contributed by atoms with Gasteiger partial charge in [-0.25, -0.2) is 0 Å². The van der Waals surface area contributed by atoms with Gasteiger partial charge in [-0.05, 0) is 34.9 Å². The molecule has 3 nitrogen and oxygen atoms in total. The Hall–Kier alpha value is -3.24. The molecule has 0 radical (unpaired) electrons. The van der Waals surface area contributed by atoms with E-state index in [1.54, 1.807) is 13.1 Å². The molecule has 0 spiro atoms. The molecule has 138 valence electrons. The molecule has 0 amide bonds. The van der Waals surface area contributed by atoms with Gasteiger partial charge in [0.25, 0.3) is 5.56 Å². The van der Waals surface area contributed by atoms with Gasteiger partial charge in [0.1, 0.15) is 4.66 Å². The molecule has 0 aliphatic heterocycles. The molecule has 0 bridgehead atoms. The topological polar surface area (TPSA) is 39.1 Å². The van der Waals surface area contributed by atoms with Crippen LogP contribution in [0.1, 0.15) is 21.5 Å². The van der Waals surface area contributed by atoms with E-state index in [0.717, 1.165) is 21.9 Å². The van der Waals surface area contributed by atoms with Crippen molar-refractivity contribution < 1.29 is 4.79 Å². The van der Waals surface area contributed by atoms with Crippen molar-refractivity contribution in [3.63, 3.8) is 0 Å². The Kier molecular flexibility index (Phi) is 4.80. The smallest absolute Gasteiger partial charge is 0.268 e. The van der Waals surface area contributed by atoms with E-state index in [-0.39, 0.29) is 11.3 Å². The number of carbonyl (C=O) groups is 1. The molecule has 1 heterocycles. The van der Waals surface area contributed by atoms with Crippen LogP contribution < -0.4 is 14.8 Å². The number of aromatic nitrogens is 1. The lowest BCUT2D eigenvalue weighted by molar-refractivity contribution is 0.106. The van der Waals surface area contributed by atoms with Crippen molar-refractivity contribution in [2.75, 3.05) is 0 Å². The van der Waals surface area contributed by atoms with Crippen molar-refractivity contribution in [1.82, 2.24) is 4.57 Å². The van der Waals surface area contributed by atoms with Crippen LogP contribution in [0.15, 0.2) is 71.5 Å². The SMILES string of the molecule is Cc1ccccc1C(=O)/C=c1\s/c(=C\c2cccc3ccccc23)c(=O)n1C. The summed E-state index contributed by atoms with van der Waals surface area (Å²) in [5.74, 6) is -0.0911. The van der Waals surface area contributed by atoms with E-state index in [2.05, 4.69) is 12.1 Å². The minimum absolute atomic E-state index is 0.0911. The zero-order valence-corrected chi connectivity index (χ0v) is 16.5. The Bertz CT molecular complexity index is 1370. The average molecular weight is 385 g/mol. The Morgan fingerprint density at radius 2 is 1.68 bits per heavy atom.